The molecule has 1 aliphatic rings. The van der Waals surface area contributed by atoms with E-state index in [2.05, 4.69) is 10.5 Å². The minimum Gasteiger partial charge on any atom is -0.489 e. The second kappa shape index (κ2) is 7.47. The fourth-order valence-electron chi connectivity index (χ4n) is 2.02. The topological polar surface area (TPSA) is 59.9 Å². The molecule has 5 heteroatoms. The third-order valence-corrected chi connectivity index (χ3v) is 3.19. The van der Waals surface area contributed by atoms with Gasteiger partial charge in [0, 0.05) is 0 Å². The summed E-state index contributed by atoms with van der Waals surface area (Å²) in [4.78, 5) is 11.6. The number of ether oxygens (including phenoxy) is 2. The third kappa shape index (κ3) is 4.95. The van der Waals surface area contributed by atoms with E-state index in [0.717, 1.165) is 29.9 Å². The van der Waals surface area contributed by atoms with E-state index < -0.39 is 6.09 Å². The van der Waals surface area contributed by atoms with Crippen LogP contribution < -0.4 is 5.43 Å². The molecule has 0 bridgehead atoms. The second-order valence-electron chi connectivity index (χ2n) is 4.93. The minimum absolute atomic E-state index is 0.0792. The molecule has 0 saturated carbocycles. The molecule has 1 amide bonds. The van der Waals surface area contributed by atoms with Crippen LogP contribution in [0.4, 0.5) is 4.79 Å². The summed E-state index contributed by atoms with van der Waals surface area (Å²) in [5.41, 5.74) is 4.06. The highest BCUT2D eigenvalue weighted by molar-refractivity contribution is 5.87. The predicted octanol–water partition coefficient (Wildman–Crippen LogP) is 3.37. The van der Waals surface area contributed by atoms with Crippen molar-refractivity contribution in [2.45, 2.75) is 39.4 Å². The Kier molecular flexibility index (Phi) is 5.37. The molecule has 5 nitrogen and oxygen atoms in total. The predicted molar refractivity (Wildman–Crippen MR) is 80.7 cm³/mol. The van der Waals surface area contributed by atoms with Crippen LogP contribution in [0, 0.1) is 0 Å². The number of benzene rings is 1. The molecular formula is C16H20N2O3. The molecular weight excluding hydrogens is 268 g/mol. The zero-order chi connectivity index (χ0) is 15.1. The van der Waals surface area contributed by atoms with Crippen molar-refractivity contribution in [3.63, 3.8) is 0 Å². The fourth-order valence-corrected chi connectivity index (χ4v) is 2.02. The maximum atomic E-state index is 11.6. The van der Waals surface area contributed by atoms with Crippen LogP contribution in [0.5, 0.6) is 0 Å². The summed E-state index contributed by atoms with van der Waals surface area (Å²) in [6, 6.07) is 9.50. The van der Waals surface area contributed by atoms with Gasteiger partial charge in [-0.15, -0.1) is 0 Å². The molecule has 0 fully saturated rings. The van der Waals surface area contributed by atoms with Crippen molar-refractivity contribution in [3.05, 3.63) is 47.7 Å². The average Bonchev–Trinajstić information content (AvgIpc) is 2.51. The third-order valence-electron chi connectivity index (χ3n) is 3.19. The Morgan fingerprint density at radius 3 is 2.90 bits per heavy atom. The largest absolute Gasteiger partial charge is 0.489 e. The number of hydrogen-bond donors (Lipinski definition) is 1. The van der Waals surface area contributed by atoms with Crippen molar-refractivity contribution in [2.24, 2.45) is 5.10 Å². The van der Waals surface area contributed by atoms with Gasteiger partial charge in [0.15, 0.2) is 0 Å². The van der Waals surface area contributed by atoms with E-state index in [1.807, 2.05) is 50.3 Å². The lowest BCUT2D eigenvalue weighted by molar-refractivity contribution is 0.138. The summed E-state index contributed by atoms with van der Waals surface area (Å²) in [5.74, 6) is 0.896. The Morgan fingerprint density at radius 2 is 2.19 bits per heavy atom. The van der Waals surface area contributed by atoms with Crippen LogP contribution in [-0.2, 0) is 16.1 Å². The van der Waals surface area contributed by atoms with Gasteiger partial charge in [0.1, 0.15) is 12.7 Å². The van der Waals surface area contributed by atoms with Crippen molar-refractivity contribution < 1.29 is 14.3 Å². The van der Waals surface area contributed by atoms with Crippen LogP contribution in [0.3, 0.4) is 0 Å². The number of carbonyl (C=O) groups excluding carboxylic acids is 1. The van der Waals surface area contributed by atoms with E-state index in [1.165, 1.54) is 0 Å². The van der Waals surface area contributed by atoms with Gasteiger partial charge in [0.05, 0.1) is 11.5 Å². The van der Waals surface area contributed by atoms with E-state index in [1.54, 1.807) is 0 Å². The molecule has 1 heterocycles. The first kappa shape index (κ1) is 15.1. The summed E-state index contributed by atoms with van der Waals surface area (Å²) in [7, 11) is 0. The molecule has 1 unspecified atom stereocenters. The number of allylic oxidation sites excluding steroid dienone is 2. The highest BCUT2D eigenvalue weighted by Gasteiger charge is 2.17. The standard InChI is InChI=1S/C16H20N2O3/c1-12-7-6-10-15(21-12)13(2)17-18-16(19)20-11-14-8-4-3-5-9-14/h3-5,7-9,15H,6,10-11H2,1-2H3,(H,18,19). The number of hydrogen-bond acceptors (Lipinski definition) is 4. The van der Waals surface area contributed by atoms with Crippen molar-refractivity contribution >= 4 is 11.8 Å². The molecule has 1 aliphatic heterocycles. The summed E-state index contributed by atoms with van der Waals surface area (Å²) in [5, 5.41) is 4.03. The molecule has 0 saturated heterocycles. The van der Waals surface area contributed by atoms with Gasteiger partial charge in [0.25, 0.3) is 0 Å². The SMILES string of the molecule is CC1=CCCC(C(C)=NNC(=O)OCc2ccccc2)O1. The summed E-state index contributed by atoms with van der Waals surface area (Å²) in [6.45, 7) is 3.98. The van der Waals surface area contributed by atoms with Crippen LogP contribution in [0.1, 0.15) is 32.3 Å². The molecule has 112 valence electrons. The fraction of sp³-hybridized carbons (Fsp3) is 0.375. The Bertz CT molecular complexity index is 538. The Morgan fingerprint density at radius 1 is 1.43 bits per heavy atom. The average molecular weight is 288 g/mol. The van der Waals surface area contributed by atoms with Crippen molar-refractivity contribution in [1.82, 2.24) is 5.43 Å². The van der Waals surface area contributed by atoms with Crippen molar-refractivity contribution in [1.29, 1.82) is 0 Å². The Labute approximate surface area is 124 Å². The normalized spacial score (nSPS) is 18.5. The van der Waals surface area contributed by atoms with Crippen molar-refractivity contribution in [2.75, 3.05) is 0 Å². The van der Waals surface area contributed by atoms with Gasteiger partial charge in [-0.2, -0.15) is 5.10 Å². The molecule has 0 radical (unpaired) electrons. The molecule has 0 aliphatic carbocycles. The molecule has 2 rings (SSSR count). The van der Waals surface area contributed by atoms with Gasteiger partial charge in [-0.1, -0.05) is 30.3 Å². The lowest BCUT2D eigenvalue weighted by Gasteiger charge is -2.22. The first-order valence-corrected chi connectivity index (χ1v) is 6.99. The molecule has 1 aromatic rings. The molecule has 21 heavy (non-hydrogen) atoms. The Hall–Kier alpha value is -2.30. The maximum Gasteiger partial charge on any atom is 0.428 e. The van der Waals surface area contributed by atoms with Crippen LogP contribution in [-0.4, -0.2) is 17.9 Å². The molecule has 1 atom stereocenters. The number of carbonyl (C=O) groups is 1. The van der Waals surface area contributed by atoms with Crippen LogP contribution in [0.15, 0.2) is 47.3 Å². The number of nitrogens with zero attached hydrogens (tertiary/aromatic N) is 1. The van der Waals surface area contributed by atoms with Crippen LogP contribution in [0.2, 0.25) is 0 Å². The number of hydrazone groups is 1. The first-order valence-electron chi connectivity index (χ1n) is 6.99. The van der Waals surface area contributed by atoms with Gasteiger partial charge in [0.2, 0.25) is 0 Å². The highest BCUT2D eigenvalue weighted by atomic mass is 16.6. The summed E-state index contributed by atoms with van der Waals surface area (Å²) in [6.07, 6.45) is 3.23. The zero-order valence-electron chi connectivity index (χ0n) is 12.3. The lowest BCUT2D eigenvalue weighted by atomic mass is 10.1. The molecule has 1 N–H and O–H groups in total. The molecule has 0 spiro atoms. The van der Waals surface area contributed by atoms with Crippen molar-refractivity contribution in [3.8, 4) is 0 Å². The van der Waals surface area contributed by atoms with Crippen LogP contribution >= 0.6 is 0 Å². The number of rotatable bonds is 4. The van der Waals surface area contributed by atoms with Gasteiger partial charge < -0.3 is 9.47 Å². The summed E-state index contributed by atoms with van der Waals surface area (Å²) >= 11 is 0. The smallest absolute Gasteiger partial charge is 0.428 e. The maximum absolute atomic E-state index is 11.6. The van der Waals surface area contributed by atoms with E-state index in [0.29, 0.717) is 0 Å². The zero-order valence-corrected chi connectivity index (χ0v) is 12.3. The van der Waals surface area contributed by atoms with E-state index >= 15 is 0 Å². The van der Waals surface area contributed by atoms with Crippen LogP contribution in [0.25, 0.3) is 0 Å². The van der Waals surface area contributed by atoms with Gasteiger partial charge in [-0.05, 0) is 38.3 Å². The highest BCUT2D eigenvalue weighted by Crippen LogP contribution is 2.17. The quantitative estimate of drug-likeness (QED) is 0.682. The van der Waals surface area contributed by atoms with E-state index in [9.17, 15) is 4.79 Å². The molecule has 0 aromatic heterocycles. The number of amides is 1. The monoisotopic (exact) mass is 288 g/mol. The van der Waals surface area contributed by atoms with Gasteiger partial charge in [-0.3, -0.25) is 0 Å². The lowest BCUT2D eigenvalue weighted by Crippen LogP contribution is -2.28. The Balaban J connectivity index is 1.77. The molecule has 1 aromatic carbocycles. The second-order valence-corrected chi connectivity index (χ2v) is 4.93. The first-order chi connectivity index (χ1) is 10.1. The summed E-state index contributed by atoms with van der Waals surface area (Å²) < 4.78 is 10.7. The number of nitrogens with one attached hydrogen (secondary N) is 1. The van der Waals surface area contributed by atoms with E-state index in [4.69, 9.17) is 9.47 Å². The van der Waals surface area contributed by atoms with Gasteiger partial charge in [-0.25, -0.2) is 10.2 Å². The van der Waals surface area contributed by atoms with Gasteiger partial charge >= 0.3 is 6.09 Å². The minimum atomic E-state index is -0.568. The van der Waals surface area contributed by atoms with E-state index in [-0.39, 0.29) is 12.7 Å².